The minimum absolute atomic E-state index is 0.0183. The predicted octanol–water partition coefficient (Wildman–Crippen LogP) is 2.62. The summed E-state index contributed by atoms with van der Waals surface area (Å²) >= 11 is 0. The average molecular weight is 275 g/mol. The summed E-state index contributed by atoms with van der Waals surface area (Å²) in [5.74, 6) is 0.631. The summed E-state index contributed by atoms with van der Waals surface area (Å²) in [6.07, 6.45) is 4.44. The first-order chi connectivity index (χ1) is 9.55. The molecule has 108 valence electrons. The number of hydrogen-bond acceptors (Lipinski definition) is 4. The van der Waals surface area contributed by atoms with Gasteiger partial charge in [0.2, 0.25) is 11.9 Å². The van der Waals surface area contributed by atoms with Crippen molar-refractivity contribution >= 4 is 17.6 Å². The molecule has 1 N–H and O–H groups in total. The number of ketones is 1. The summed E-state index contributed by atoms with van der Waals surface area (Å²) in [5, 5.41) is 2.75. The maximum atomic E-state index is 12.0. The van der Waals surface area contributed by atoms with Gasteiger partial charge in [-0.1, -0.05) is 20.8 Å². The molecule has 0 fully saturated rings. The van der Waals surface area contributed by atoms with E-state index in [2.05, 4.69) is 15.3 Å². The molecule has 0 spiro atoms. The molecule has 0 bridgehead atoms. The molecule has 1 aromatic rings. The van der Waals surface area contributed by atoms with Crippen LogP contribution in [0.4, 0.5) is 5.95 Å². The lowest BCUT2D eigenvalue weighted by molar-refractivity contribution is -0.120. The molecule has 5 heteroatoms. The van der Waals surface area contributed by atoms with Gasteiger partial charge in [-0.2, -0.15) is 0 Å². The molecule has 1 amide bonds. The monoisotopic (exact) mass is 275 g/mol. The molecule has 1 aliphatic carbocycles. The molecule has 20 heavy (non-hydrogen) atoms. The third-order valence-corrected chi connectivity index (χ3v) is 3.84. The Labute approximate surface area is 119 Å². The molecule has 2 rings (SSSR count). The van der Waals surface area contributed by atoms with E-state index in [-0.39, 0.29) is 17.6 Å². The van der Waals surface area contributed by atoms with Gasteiger partial charge in [-0.25, -0.2) is 9.97 Å². The topological polar surface area (TPSA) is 72.0 Å². The molecule has 5 nitrogen and oxygen atoms in total. The van der Waals surface area contributed by atoms with Crippen LogP contribution in [0.25, 0.3) is 0 Å². The molecular weight excluding hydrogens is 254 g/mol. The third-order valence-electron chi connectivity index (χ3n) is 3.84. The Bertz CT molecular complexity index is 524. The number of anilines is 1. The van der Waals surface area contributed by atoms with Crippen LogP contribution in [-0.4, -0.2) is 21.7 Å². The van der Waals surface area contributed by atoms with Gasteiger partial charge in [0.25, 0.3) is 0 Å². The van der Waals surface area contributed by atoms with E-state index in [1.165, 1.54) is 0 Å². The zero-order valence-corrected chi connectivity index (χ0v) is 12.3. The number of hydrogen-bond donors (Lipinski definition) is 1. The van der Waals surface area contributed by atoms with Crippen molar-refractivity contribution in [3.05, 3.63) is 17.5 Å². The number of rotatable bonds is 4. The quantitative estimate of drug-likeness (QED) is 0.916. The third kappa shape index (κ3) is 3.03. The zero-order chi connectivity index (χ0) is 14.7. The van der Waals surface area contributed by atoms with Crippen molar-refractivity contribution in [1.29, 1.82) is 0 Å². The van der Waals surface area contributed by atoms with Crippen LogP contribution in [0.5, 0.6) is 0 Å². The second kappa shape index (κ2) is 6.11. The smallest absolute Gasteiger partial charge is 0.229 e. The van der Waals surface area contributed by atoms with Gasteiger partial charge in [0.15, 0.2) is 5.78 Å². The molecule has 0 aromatic carbocycles. The summed E-state index contributed by atoms with van der Waals surface area (Å²) in [6, 6.07) is 0. The van der Waals surface area contributed by atoms with Crippen LogP contribution in [0.15, 0.2) is 6.20 Å². The number of nitrogens with one attached hydrogen (secondary N) is 1. The van der Waals surface area contributed by atoms with Gasteiger partial charge in [0.05, 0.1) is 11.3 Å². The van der Waals surface area contributed by atoms with E-state index in [1.54, 1.807) is 6.20 Å². The molecule has 0 unspecified atom stereocenters. The van der Waals surface area contributed by atoms with Gasteiger partial charge < -0.3 is 0 Å². The van der Waals surface area contributed by atoms with Gasteiger partial charge >= 0.3 is 0 Å². The standard InChI is InChI=1S/C15H21N3O2/c1-4-10(5-2)14(20)18-15-16-8-11-12(17-15)6-9(3)7-13(11)19/h8-10H,4-7H2,1-3H3,(H,16,17,18,20)/t9-/m0/s1. The van der Waals surface area contributed by atoms with E-state index in [9.17, 15) is 9.59 Å². The van der Waals surface area contributed by atoms with Gasteiger partial charge in [-0.3, -0.25) is 14.9 Å². The predicted molar refractivity (Wildman–Crippen MR) is 76.5 cm³/mol. The Balaban J connectivity index is 2.17. The maximum absolute atomic E-state index is 12.0. The molecule has 0 aliphatic heterocycles. The fourth-order valence-corrected chi connectivity index (χ4v) is 2.57. The average Bonchev–Trinajstić information content (AvgIpc) is 2.39. The van der Waals surface area contributed by atoms with Crippen molar-refractivity contribution < 1.29 is 9.59 Å². The number of fused-ring (bicyclic) bond motifs is 1. The fraction of sp³-hybridized carbons (Fsp3) is 0.600. The van der Waals surface area contributed by atoms with E-state index in [4.69, 9.17) is 0 Å². The summed E-state index contributed by atoms with van der Waals surface area (Å²) in [7, 11) is 0. The van der Waals surface area contributed by atoms with Crippen LogP contribution >= 0.6 is 0 Å². The van der Waals surface area contributed by atoms with E-state index in [0.29, 0.717) is 23.9 Å². The maximum Gasteiger partial charge on any atom is 0.229 e. The van der Waals surface area contributed by atoms with E-state index in [0.717, 1.165) is 25.0 Å². The Kier molecular flexibility index (Phi) is 4.47. The first kappa shape index (κ1) is 14.6. The highest BCUT2D eigenvalue weighted by atomic mass is 16.2. The molecule has 1 aromatic heterocycles. The second-order valence-electron chi connectivity index (χ2n) is 5.49. The molecular formula is C15H21N3O2. The largest absolute Gasteiger partial charge is 0.294 e. The minimum atomic E-state index is -0.0508. The number of amides is 1. The summed E-state index contributed by atoms with van der Waals surface area (Å²) in [5.41, 5.74) is 1.35. The van der Waals surface area contributed by atoms with Crippen molar-refractivity contribution in [2.24, 2.45) is 11.8 Å². The van der Waals surface area contributed by atoms with Crippen molar-refractivity contribution in [3.63, 3.8) is 0 Å². The lowest BCUT2D eigenvalue weighted by Gasteiger charge is -2.19. The van der Waals surface area contributed by atoms with Crippen molar-refractivity contribution in [3.8, 4) is 0 Å². The van der Waals surface area contributed by atoms with E-state index >= 15 is 0 Å². The number of aromatic nitrogens is 2. The molecule has 0 saturated carbocycles. The molecule has 0 radical (unpaired) electrons. The first-order valence-corrected chi connectivity index (χ1v) is 7.25. The number of Topliss-reactive ketones (excluding diaryl/α,β-unsaturated/α-hetero) is 1. The van der Waals surface area contributed by atoms with Gasteiger partial charge in [0, 0.05) is 18.5 Å². The minimum Gasteiger partial charge on any atom is -0.294 e. The second-order valence-corrected chi connectivity index (χ2v) is 5.49. The molecule has 1 heterocycles. The molecule has 0 saturated heterocycles. The SMILES string of the molecule is CCC(CC)C(=O)Nc1ncc2c(n1)C[C@H](C)CC2=O. The van der Waals surface area contributed by atoms with Crippen molar-refractivity contribution in [2.45, 2.75) is 46.5 Å². The Morgan fingerprint density at radius 2 is 2.10 bits per heavy atom. The fourth-order valence-electron chi connectivity index (χ4n) is 2.57. The summed E-state index contributed by atoms with van der Waals surface area (Å²) in [6.45, 7) is 6.01. The van der Waals surface area contributed by atoms with Crippen LogP contribution in [0, 0.1) is 11.8 Å². The van der Waals surface area contributed by atoms with Crippen LogP contribution in [0.2, 0.25) is 0 Å². The van der Waals surface area contributed by atoms with Gasteiger partial charge in [-0.05, 0) is 25.2 Å². The lowest BCUT2D eigenvalue weighted by Crippen LogP contribution is -2.25. The first-order valence-electron chi connectivity index (χ1n) is 7.25. The van der Waals surface area contributed by atoms with Gasteiger partial charge in [0.1, 0.15) is 0 Å². The zero-order valence-electron chi connectivity index (χ0n) is 12.3. The number of carbonyl (C=O) groups is 2. The van der Waals surface area contributed by atoms with Crippen LogP contribution in [0.3, 0.4) is 0 Å². The van der Waals surface area contributed by atoms with Crippen LogP contribution < -0.4 is 5.32 Å². The normalized spacial score (nSPS) is 18.0. The van der Waals surface area contributed by atoms with Crippen molar-refractivity contribution in [2.75, 3.05) is 5.32 Å². The van der Waals surface area contributed by atoms with Crippen LogP contribution in [0.1, 0.15) is 56.1 Å². The number of carbonyl (C=O) groups excluding carboxylic acids is 2. The molecule has 1 aliphatic rings. The van der Waals surface area contributed by atoms with E-state index in [1.807, 2.05) is 20.8 Å². The highest BCUT2D eigenvalue weighted by molar-refractivity contribution is 5.98. The summed E-state index contributed by atoms with van der Waals surface area (Å²) in [4.78, 5) is 32.3. The van der Waals surface area contributed by atoms with Gasteiger partial charge in [-0.15, -0.1) is 0 Å². The molecule has 1 atom stereocenters. The Morgan fingerprint density at radius 3 is 2.75 bits per heavy atom. The Hall–Kier alpha value is -1.78. The summed E-state index contributed by atoms with van der Waals surface area (Å²) < 4.78 is 0. The van der Waals surface area contributed by atoms with E-state index < -0.39 is 0 Å². The highest BCUT2D eigenvalue weighted by Gasteiger charge is 2.25. The van der Waals surface area contributed by atoms with Crippen molar-refractivity contribution in [1.82, 2.24) is 9.97 Å². The number of nitrogens with zero attached hydrogens (tertiary/aromatic N) is 2. The Morgan fingerprint density at radius 1 is 1.40 bits per heavy atom. The lowest BCUT2D eigenvalue weighted by atomic mass is 9.88. The van der Waals surface area contributed by atoms with Crippen LogP contribution in [-0.2, 0) is 11.2 Å². The highest BCUT2D eigenvalue weighted by Crippen LogP contribution is 2.24.